The predicted octanol–water partition coefficient (Wildman–Crippen LogP) is 1.21. The van der Waals surface area contributed by atoms with E-state index in [0.29, 0.717) is 0 Å². The van der Waals surface area contributed by atoms with Gasteiger partial charge in [-0.1, -0.05) is 0 Å². The molecule has 3 heteroatoms. The molecule has 0 fully saturated rings. The molecule has 1 aromatic heterocycles. The summed E-state index contributed by atoms with van der Waals surface area (Å²) in [5.74, 6) is 0. The number of carbonyl (C=O) groups is 1. The van der Waals surface area contributed by atoms with E-state index < -0.39 is 0 Å². The van der Waals surface area contributed by atoms with Crippen molar-refractivity contribution in [3.05, 3.63) is 21.4 Å². The van der Waals surface area contributed by atoms with Crippen LogP contribution in [0.5, 0.6) is 0 Å². The van der Waals surface area contributed by atoms with E-state index >= 15 is 0 Å². The Kier molecular flexibility index (Phi) is 1.75. The molecule has 0 spiro atoms. The number of aldehydes is 1. The number of carbonyl (C=O) groups excluding carboxylic acids is 1. The molecule has 0 aliphatic carbocycles. The van der Waals surface area contributed by atoms with Gasteiger partial charge in [-0.15, -0.1) is 11.3 Å². The molecular formula is C8H9NOS. The fourth-order valence-corrected chi connectivity index (χ4v) is 2.33. The first-order valence-corrected chi connectivity index (χ1v) is 4.55. The molecular weight excluding hydrogens is 158 g/mol. The SMILES string of the molecule is O=Cc1scc2c1CCNC2. The minimum Gasteiger partial charge on any atom is -0.312 e. The van der Waals surface area contributed by atoms with Gasteiger partial charge in [-0.05, 0) is 29.5 Å². The summed E-state index contributed by atoms with van der Waals surface area (Å²) in [6.45, 7) is 1.93. The minimum atomic E-state index is 0.918. The Morgan fingerprint density at radius 3 is 3.36 bits per heavy atom. The van der Waals surface area contributed by atoms with E-state index in [1.54, 1.807) is 11.3 Å². The van der Waals surface area contributed by atoms with Gasteiger partial charge in [-0.2, -0.15) is 0 Å². The van der Waals surface area contributed by atoms with Gasteiger partial charge in [0.1, 0.15) is 0 Å². The molecule has 0 radical (unpaired) electrons. The van der Waals surface area contributed by atoms with E-state index in [1.807, 2.05) is 0 Å². The van der Waals surface area contributed by atoms with Crippen LogP contribution in [0.15, 0.2) is 5.38 Å². The third-order valence-corrected chi connectivity index (χ3v) is 2.99. The highest BCUT2D eigenvalue weighted by atomic mass is 32.1. The third kappa shape index (κ3) is 1.10. The number of hydrogen-bond donors (Lipinski definition) is 1. The summed E-state index contributed by atoms with van der Waals surface area (Å²) in [4.78, 5) is 11.4. The summed E-state index contributed by atoms with van der Waals surface area (Å²) in [5.41, 5.74) is 2.58. The lowest BCUT2D eigenvalue weighted by Gasteiger charge is -2.12. The highest BCUT2D eigenvalue weighted by Crippen LogP contribution is 2.23. The first kappa shape index (κ1) is 7.00. The zero-order valence-corrected chi connectivity index (χ0v) is 6.91. The van der Waals surface area contributed by atoms with Crippen LogP contribution in [-0.2, 0) is 13.0 Å². The van der Waals surface area contributed by atoms with E-state index in [-0.39, 0.29) is 0 Å². The Bertz CT molecular complexity index is 280. The molecule has 2 heterocycles. The molecule has 0 saturated carbocycles. The summed E-state index contributed by atoms with van der Waals surface area (Å²) in [5, 5.41) is 5.34. The van der Waals surface area contributed by atoms with Crippen molar-refractivity contribution in [1.82, 2.24) is 5.32 Å². The number of nitrogens with one attached hydrogen (secondary N) is 1. The van der Waals surface area contributed by atoms with Gasteiger partial charge in [0.25, 0.3) is 0 Å². The number of fused-ring (bicyclic) bond motifs is 1. The largest absolute Gasteiger partial charge is 0.312 e. The van der Waals surface area contributed by atoms with Crippen molar-refractivity contribution in [2.24, 2.45) is 0 Å². The second-order valence-corrected chi connectivity index (χ2v) is 3.56. The van der Waals surface area contributed by atoms with E-state index in [4.69, 9.17) is 0 Å². The second kappa shape index (κ2) is 2.75. The van der Waals surface area contributed by atoms with E-state index in [9.17, 15) is 4.79 Å². The second-order valence-electron chi connectivity index (χ2n) is 2.65. The molecule has 2 rings (SSSR count). The summed E-state index contributed by atoms with van der Waals surface area (Å²) in [6, 6.07) is 0. The molecule has 1 aliphatic heterocycles. The average molecular weight is 167 g/mol. The van der Waals surface area contributed by atoms with E-state index in [0.717, 1.165) is 30.7 Å². The van der Waals surface area contributed by atoms with Crippen LogP contribution in [0, 0.1) is 0 Å². The van der Waals surface area contributed by atoms with Gasteiger partial charge >= 0.3 is 0 Å². The zero-order chi connectivity index (χ0) is 7.68. The standard InChI is InChI=1S/C8H9NOS/c10-4-8-7-1-2-9-3-6(7)5-11-8/h4-5,9H,1-3H2. The molecule has 0 amide bonds. The van der Waals surface area contributed by atoms with Gasteiger partial charge in [0.15, 0.2) is 6.29 Å². The molecule has 0 saturated heterocycles. The van der Waals surface area contributed by atoms with Crippen molar-refractivity contribution in [2.75, 3.05) is 6.54 Å². The van der Waals surface area contributed by atoms with Gasteiger partial charge in [-0.3, -0.25) is 4.79 Å². The molecule has 0 aromatic carbocycles. The highest BCUT2D eigenvalue weighted by molar-refractivity contribution is 7.12. The zero-order valence-electron chi connectivity index (χ0n) is 6.09. The third-order valence-electron chi connectivity index (χ3n) is 1.99. The highest BCUT2D eigenvalue weighted by Gasteiger charge is 2.13. The lowest BCUT2D eigenvalue weighted by molar-refractivity contribution is 0.112. The molecule has 1 aliphatic rings. The van der Waals surface area contributed by atoms with E-state index in [2.05, 4.69) is 10.7 Å². The smallest absolute Gasteiger partial charge is 0.160 e. The molecule has 11 heavy (non-hydrogen) atoms. The Morgan fingerprint density at radius 2 is 2.55 bits per heavy atom. The monoisotopic (exact) mass is 167 g/mol. The van der Waals surface area contributed by atoms with Crippen molar-refractivity contribution in [2.45, 2.75) is 13.0 Å². The Hall–Kier alpha value is -0.670. The minimum absolute atomic E-state index is 0.918. The van der Waals surface area contributed by atoms with Crippen LogP contribution < -0.4 is 5.32 Å². The summed E-state index contributed by atoms with van der Waals surface area (Å²) < 4.78 is 0. The van der Waals surface area contributed by atoms with Crippen LogP contribution in [0.4, 0.5) is 0 Å². The van der Waals surface area contributed by atoms with Crippen molar-refractivity contribution in [1.29, 1.82) is 0 Å². The van der Waals surface area contributed by atoms with Crippen molar-refractivity contribution < 1.29 is 4.79 Å². The van der Waals surface area contributed by atoms with Crippen LogP contribution in [0.25, 0.3) is 0 Å². The summed E-state index contributed by atoms with van der Waals surface area (Å²) >= 11 is 1.56. The number of hydrogen-bond acceptors (Lipinski definition) is 3. The molecule has 2 nitrogen and oxygen atoms in total. The normalized spacial score (nSPS) is 16.0. The molecule has 1 aromatic rings. The topological polar surface area (TPSA) is 29.1 Å². The fraction of sp³-hybridized carbons (Fsp3) is 0.375. The number of thiophene rings is 1. The Labute approximate surface area is 69.2 Å². The first-order valence-electron chi connectivity index (χ1n) is 3.67. The van der Waals surface area contributed by atoms with Crippen molar-refractivity contribution in [3.8, 4) is 0 Å². The van der Waals surface area contributed by atoms with Crippen LogP contribution in [0.2, 0.25) is 0 Å². The van der Waals surface area contributed by atoms with E-state index in [1.165, 1.54) is 11.1 Å². The lowest BCUT2D eigenvalue weighted by atomic mass is 10.0. The lowest BCUT2D eigenvalue weighted by Crippen LogP contribution is -2.22. The molecule has 0 atom stereocenters. The van der Waals surface area contributed by atoms with Crippen molar-refractivity contribution >= 4 is 17.6 Å². The van der Waals surface area contributed by atoms with Gasteiger partial charge < -0.3 is 5.32 Å². The maximum Gasteiger partial charge on any atom is 0.160 e. The molecule has 58 valence electrons. The first-order chi connectivity index (χ1) is 5.42. The average Bonchev–Trinajstić information content (AvgIpc) is 2.47. The van der Waals surface area contributed by atoms with Crippen LogP contribution in [-0.4, -0.2) is 12.8 Å². The Morgan fingerprint density at radius 1 is 1.64 bits per heavy atom. The molecule has 0 unspecified atom stereocenters. The molecule has 0 bridgehead atoms. The Balaban J connectivity index is 2.45. The van der Waals surface area contributed by atoms with Crippen LogP contribution >= 0.6 is 11.3 Å². The fourth-order valence-electron chi connectivity index (χ4n) is 1.40. The maximum absolute atomic E-state index is 10.5. The molecule has 1 N–H and O–H groups in total. The van der Waals surface area contributed by atoms with Crippen LogP contribution in [0.3, 0.4) is 0 Å². The summed E-state index contributed by atoms with van der Waals surface area (Å²) in [7, 11) is 0. The van der Waals surface area contributed by atoms with Gasteiger partial charge in [0, 0.05) is 6.54 Å². The van der Waals surface area contributed by atoms with Gasteiger partial charge in [0.2, 0.25) is 0 Å². The van der Waals surface area contributed by atoms with Gasteiger partial charge in [-0.25, -0.2) is 0 Å². The van der Waals surface area contributed by atoms with Gasteiger partial charge in [0.05, 0.1) is 4.88 Å². The maximum atomic E-state index is 10.5. The number of rotatable bonds is 1. The quantitative estimate of drug-likeness (QED) is 0.637. The predicted molar refractivity (Wildman–Crippen MR) is 45.1 cm³/mol. The van der Waals surface area contributed by atoms with Crippen LogP contribution in [0.1, 0.15) is 20.8 Å². The van der Waals surface area contributed by atoms with Crippen molar-refractivity contribution in [3.63, 3.8) is 0 Å². The summed E-state index contributed by atoms with van der Waals surface area (Å²) in [6.07, 6.45) is 1.97.